The molecule has 0 N–H and O–H groups in total. The molecule has 2 aromatic rings. The van der Waals surface area contributed by atoms with Crippen LogP contribution in [0, 0.1) is 0 Å². The van der Waals surface area contributed by atoms with Gasteiger partial charge >= 0.3 is 0 Å². The fraction of sp³-hybridized carbons (Fsp3) is 0.235. The van der Waals surface area contributed by atoms with Crippen LogP contribution in [-0.2, 0) is 6.61 Å². The molecular formula is C17H18O3. The van der Waals surface area contributed by atoms with Gasteiger partial charge in [-0.15, -0.1) is 0 Å². The zero-order valence-corrected chi connectivity index (χ0v) is 11.8. The molecule has 0 heterocycles. The minimum Gasteiger partial charge on any atom is -0.497 e. The highest BCUT2D eigenvalue weighted by Gasteiger charge is 2.12. The topological polar surface area (TPSA) is 35.5 Å². The van der Waals surface area contributed by atoms with Crippen molar-refractivity contribution in [2.75, 3.05) is 7.11 Å². The third kappa shape index (κ3) is 3.38. The van der Waals surface area contributed by atoms with Gasteiger partial charge in [0, 0.05) is 6.42 Å². The Balaban J connectivity index is 2.20. The van der Waals surface area contributed by atoms with Crippen molar-refractivity contribution in [2.24, 2.45) is 0 Å². The third-order valence-electron chi connectivity index (χ3n) is 3.05. The van der Waals surface area contributed by atoms with Crippen LogP contribution in [0.15, 0.2) is 48.5 Å². The fourth-order valence-corrected chi connectivity index (χ4v) is 1.91. The first-order chi connectivity index (χ1) is 9.74. The van der Waals surface area contributed by atoms with E-state index in [9.17, 15) is 4.79 Å². The van der Waals surface area contributed by atoms with Crippen molar-refractivity contribution in [3.8, 4) is 11.5 Å². The maximum Gasteiger partial charge on any atom is 0.166 e. The number of rotatable bonds is 6. The zero-order chi connectivity index (χ0) is 14.4. The Labute approximate surface area is 119 Å². The van der Waals surface area contributed by atoms with Crippen molar-refractivity contribution < 1.29 is 14.3 Å². The highest BCUT2D eigenvalue weighted by molar-refractivity contribution is 5.98. The van der Waals surface area contributed by atoms with Crippen LogP contribution in [0.3, 0.4) is 0 Å². The average molecular weight is 270 g/mol. The molecule has 0 bridgehead atoms. The van der Waals surface area contributed by atoms with E-state index in [2.05, 4.69) is 0 Å². The molecule has 0 amide bonds. The lowest BCUT2D eigenvalue weighted by Gasteiger charge is -2.12. The Morgan fingerprint density at radius 2 is 1.85 bits per heavy atom. The summed E-state index contributed by atoms with van der Waals surface area (Å²) in [6.45, 7) is 2.28. The fourth-order valence-electron chi connectivity index (χ4n) is 1.91. The predicted octanol–water partition coefficient (Wildman–Crippen LogP) is 3.87. The van der Waals surface area contributed by atoms with E-state index in [0.29, 0.717) is 30.1 Å². The van der Waals surface area contributed by atoms with E-state index in [1.807, 2.05) is 37.3 Å². The summed E-state index contributed by atoms with van der Waals surface area (Å²) in [7, 11) is 1.58. The molecule has 0 spiro atoms. The Morgan fingerprint density at radius 3 is 2.50 bits per heavy atom. The highest BCUT2D eigenvalue weighted by Crippen LogP contribution is 2.26. The average Bonchev–Trinajstić information content (AvgIpc) is 2.53. The summed E-state index contributed by atoms with van der Waals surface area (Å²) < 4.78 is 10.9. The molecule has 0 atom stereocenters. The first kappa shape index (κ1) is 14.1. The number of Topliss-reactive ketones (excluding diaryl/α,β-unsaturated/α-hetero) is 1. The molecule has 0 radical (unpaired) electrons. The van der Waals surface area contributed by atoms with Gasteiger partial charge in [-0.3, -0.25) is 4.79 Å². The van der Waals surface area contributed by atoms with Crippen molar-refractivity contribution in [2.45, 2.75) is 20.0 Å². The molecule has 0 saturated carbocycles. The van der Waals surface area contributed by atoms with Gasteiger partial charge in [-0.2, -0.15) is 0 Å². The summed E-state index contributed by atoms with van der Waals surface area (Å²) in [6, 6.07) is 15.2. The number of hydrogen-bond donors (Lipinski definition) is 0. The summed E-state index contributed by atoms with van der Waals surface area (Å²) >= 11 is 0. The SMILES string of the molecule is CCC(=O)c1cc(OC)ccc1OCc1ccccc1. The highest BCUT2D eigenvalue weighted by atomic mass is 16.5. The van der Waals surface area contributed by atoms with Gasteiger partial charge in [-0.05, 0) is 23.8 Å². The lowest BCUT2D eigenvalue weighted by molar-refractivity contribution is 0.0983. The summed E-state index contributed by atoms with van der Waals surface area (Å²) in [5.41, 5.74) is 1.64. The van der Waals surface area contributed by atoms with Crippen molar-refractivity contribution in [3.63, 3.8) is 0 Å². The second kappa shape index (κ2) is 6.75. The van der Waals surface area contributed by atoms with Gasteiger partial charge in [0.05, 0.1) is 12.7 Å². The predicted molar refractivity (Wildman–Crippen MR) is 78.4 cm³/mol. The number of carbonyl (C=O) groups is 1. The summed E-state index contributed by atoms with van der Waals surface area (Å²) in [5.74, 6) is 1.31. The molecule has 0 aliphatic carbocycles. The molecule has 3 heteroatoms. The molecule has 104 valence electrons. The van der Waals surface area contributed by atoms with Crippen molar-refractivity contribution in [1.82, 2.24) is 0 Å². The van der Waals surface area contributed by atoms with Crippen molar-refractivity contribution in [1.29, 1.82) is 0 Å². The molecular weight excluding hydrogens is 252 g/mol. The van der Waals surface area contributed by atoms with E-state index in [0.717, 1.165) is 5.56 Å². The molecule has 2 rings (SSSR count). The molecule has 0 aliphatic heterocycles. The summed E-state index contributed by atoms with van der Waals surface area (Å²) in [5, 5.41) is 0. The Morgan fingerprint density at radius 1 is 1.10 bits per heavy atom. The Hall–Kier alpha value is -2.29. The monoisotopic (exact) mass is 270 g/mol. The van der Waals surface area contributed by atoms with E-state index >= 15 is 0 Å². The smallest absolute Gasteiger partial charge is 0.166 e. The van der Waals surface area contributed by atoms with Crippen molar-refractivity contribution >= 4 is 5.78 Å². The van der Waals surface area contributed by atoms with Crippen LogP contribution in [0.5, 0.6) is 11.5 Å². The minimum absolute atomic E-state index is 0.0481. The van der Waals surface area contributed by atoms with Gasteiger partial charge in [0.2, 0.25) is 0 Å². The van der Waals surface area contributed by atoms with Crippen LogP contribution in [0.2, 0.25) is 0 Å². The zero-order valence-electron chi connectivity index (χ0n) is 11.8. The Kier molecular flexibility index (Phi) is 4.77. The van der Waals surface area contributed by atoms with E-state index in [4.69, 9.17) is 9.47 Å². The van der Waals surface area contributed by atoms with E-state index in [1.165, 1.54) is 0 Å². The van der Waals surface area contributed by atoms with Crippen LogP contribution in [0.4, 0.5) is 0 Å². The van der Waals surface area contributed by atoms with E-state index < -0.39 is 0 Å². The second-order valence-electron chi connectivity index (χ2n) is 4.41. The maximum absolute atomic E-state index is 12.0. The van der Waals surface area contributed by atoms with Gasteiger partial charge in [0.25, 0.3) is 0 Å². The number of ketones is 1. The van der Waals surface area contributed by atoms with E-state index in [-0.39, 0.29) is 5.78 Å². The standard InChI is InChI=1S/C17H18O3/c1-3-16(18)15-11-14(19-2)9-10-17(15)20-12-13-7-5-4-6-8-13/h4-11H,3,12H2,1-2H3. The number of hydrogen-bond acceptors (Lipinski definition) is 3. The van der Waals surface area contributed by atoms with Gasteiger partial charge in [-0.25, -0.2) is 0 Å². The molecule has 0 aliphatic rings. The molecule has 0 unspecified atom stereocenters. The maximum atomic E-state index is 12.0. The van der Waals surface area contributed by atoms with Crippen molar-refractivity contribution in [3.05, 3.63) is 59.7 Å². The first-order valence-electron chi connectivity index (χ1n) is 6.62. The third-order valence-corrected chi connectivity index (χ3v) is 3.05. The van der Waals surface area contributed by atoms with E-state index in [1.54, 1.807) is 25.3 Å². The number of benzene rings is 2. The number of carbonyl (C=O) groups excluding carboxylic acids is 1. The summed E-state index contributed by atoms with van der Waals surface area (Å²) in [6.07, 6.45) is 0.439. The normalized spacial score (nSPS) is 10.1. The van der Waals surface area contributed by atoms with Crippen LogP contribution in [0.1, 0.15) is 29.3 Å². The largest absolute Gasteiger partial charge is 0.497 e. The molecule has 0 aromatic heterocycles. The molecule has 20 heavy (non-hydrogen) atoms. The van der Waals surface area contributed by atoms with Crippen LogP contribution >= 0.6 is 0 Å². The van der Waals surface area contributed by atoms with Crippen LogP contribution in [0.25, 0.3) is 0 Å². The summed E-state index contributed by atoms with van der Waals surface area (Å²) in [4.78, 5) is 12.0. The Bertz CT molecular complexity index is 576. The molecule has 0 saturated heterocycles. The number of ether oxygens (including phenoxy) is 2. The van der Waals surface area contributed by atoms with Crippen LogP contribution in [-0.4, -0.2) is 12.9 Å². The first-order valence-corrected chi connectivity index (χ1v) is 6.62. The quantitative estimate of drug-likeness (QED) is 0.747. The lowest BCUT2D eigenvalue weighted by Crippen LogP contribution is -2.04. The van der Waals surface area contributed by atoms with Gasteiger partial charge in [-0.1, -0.05) is 37.3 Å². The molecule has 3 nitrogen and oxygen atoms in total. The molecule has 2 aromatic carbocycles. The van der Waals surface area contributed by atoms with Crippen LogP contribution < -0.4 is 9.47 Å². The molecule has 0 fully saturated rings. The second-order valence-corrected chi connectivity index (χ2v) is 4.41. The van der Waals surface area contributed by atoms with Gasteiger partial charge < -0.3 is 9.47 Å². The lowest BCUT2D eigenvalue weighted by atomic mass is 10.1. The minimum atomic E-state index is 0.0481. The number of methoxy groups -OCH3 is 1. The van der Waals surface area contributed by atoms with Gasteiger partial charge in [0.15, 0.2) is 5.78 Å². The van der Waals surface area contributed by atoms with Gasteiger partial charge in [0.1, 0.15) is 18.1 Å².